The van der Waals surface area contributed by atoms with Crippen molar-refractivity contribution in [1.82, 2.24) is 24.6 Å². The first kappa shape index (κ1) is 41.3. The highest BCUT2D eigenvalue weighted by Gasteiger charge is 2.48. The van der Waals surface area contributed by atoms with Crippen LogP contribution in [0, 0.1) is 18.6 Å². The molecule has 4 heterocycles. The van der Waals surface area contributed by atoms with Crippen LogP contribution in [0.4, 0.5) is 19.4 Å². The molecule has 0 N–H and O–H groups in total. The second kappa shape index (κ2) is 16.0. The largest absolute Gasteiger partial charge is 0.461 e. The molecule has 0 unspecified atom stereocenters. The Kier molecular flexibility index (Phi) is 10.6. The van der Waals surface area contributed by atoms with Crippen LogP contribution < -0.4 is 9.64 Å². The molecule has 0 aliphatic carbocycles. The fraction of sp³-hybridized carbons (Fsp3) is 0.306. The minimum Gasteiger partial charge on any atom is -0.461 e. The Morgan fingerprint density at radius 1 is 0.855 bits per heavy atom. The van der Waals surface area contributed by atoms with E-state index in [-0.39, 0.29) is 64.1 Å². The quantitative estimate of drug-likeness (QED) is 0.126. The lowest BCUT2D eigenvalue weighted by molar-refractivity contribution is 0.0214. The van der Waals surface area contributed by atoms with Gasteiger partial charge in [-0.2, -0.15) is 15.1 Å². The molecule has 2 aliphatic heterocycles. The number of anilines is 1. The van der Waals surface area contributed by atoms with E-state index in [4.69, 9.17) is 35.9 Å². The van der Waals surface area contributed by atoms with Crippen LogP contribution in [0.25, 0.3) is 32.9 Å². The van der Waals surface area contributed by atoms with Crippen molar-refractivity contribution in [2.24, 2.45) is 0 Å². The molecule has 2 bridgehead atoms. The van der Waals surface area contributed by atoms with Gasteiger partial charge in [-0.25, -0.2) is 13.6 Å². The Balaban J connectivity index is 1.23. The van der Waals surface area contributed by atoms with Crippen molar-refractivity contribution < 1.29 is 27.8 Å². The number of rotatable bonds is 10. The van der Waals surface area contributed by atoms with Gasteiger partial charge in [0.25, 0.3) is 0 Å². The molecule has 0 saturated carbocycles. The van der Waals surface area contributed by atoms with Crippen LogP contribution in [0.15, 0.2) is 109 Å². The third kappa shape index (κ3) is 7.08. The van der Waals surface area contributed by atoms with E-state index in [2.05, 4.69) is 9.88 Å². The summed E-state index contributed by atoms with van der Waals surface area (Å²) < 4.78 is 53.2. The average Bonchev–Trinajstić information content (AvgIpc) is 4.00. The molecule has 0 radical (unpaired) electrons. The number of fused-ring (bicyclic) bond motifs is 4. The third-order valence-corrected chi connectivity index (χ3v) is 12.3. The number of carbonyl (C=O) groups is 1. The number of amides is 1. The zero-order valence-electron chi connectivity index (χ0n) is 35.4. The normalized spacial score (nSPS) is 17.0. The molecule has 9 rings (SSSR count). The van der Waals surface area contributed by atoms with Crippen molar-refractivity contribution in [1.29, 1.82) is 0 Å². The molecule has 1 amide bonds. The maximum atomic E-state index is 17.8. The molecule has 2 saturated heterocycles. The number of halogens is 3. The van der Waals surface area contributed by atoms with Crippen molar-refractivity contribution in [2.75, 3.05) is 31.7 Å². The first-order valence-corrected chi connectivity index (χ1v) is 21.1. The third-order valence-electron chi connectivity index (χ3n) is 12.0. The van der Waals surface area contributed by atoms with Crippen LogP contribution in [0.3, 0.4) is 0 Å². The number of carbonyl (C=O) groups excluding carboxylic acids is 1. The fourth-order valence-electron chi connectivity index (χ4n) is 9.07. The number of ether oxygens (including phenoxy) is 3. The van der Waals surface area contributed by atoms with E-state index in [0.29, 0.717) is 41.6 Å². The maximum absolute atomic E-state index is 17.8. The van der Waals surface area contributed by atoms with Crippen LogP contribution in [-0.4, -0.2) is 81.3 Å². The summed E-state index contributed by atoms with van der Waals surface area (Å²) in [5.74, 6) is -0.906. The monoisotopic (exact) mass is 856 g/mol. The fourth-order valence-corrected chi connectivity index (χ4v) is 9.35. The Morgan fingerprint density at radius 2 is 1.47 bits per heavy atom. The van der Waals surface area contributed by atoms with Gasteiger partial charge < -0.3 is 24.0 Å². The zero-order valence-corrected chi connectivity index (χ0v) is 36.2. The molecule has 0 spiro atoms. The Morgan fingerprint density at radius 3 is 2.02 bits per heavy atom. The van der Waals surface area contributed by atoms with Crippen molar-refractivity contribution >= 4 is 45.3 Å². The summed E-state index contributed by atoms with van der Waals surface area (Å²) >= 11 is 7.22. The van der Waals surface area contributed by atoms with E-state index in [1.807, 2.05) is 130 Å². The second-order valence-electron chi connectivity index (χ2n) is 17.1. The minimum absolute atomic E-state index is 0.0228. The standard InChI is InChI=1S/C49H47ClF2N6O4/c1-29(60-6)28-61-46-53-44-36(45(54-46)56-25-35-22-34(56)26-57(35)47(59)62-48(3,4)5)23-38(50)42(43(44)52)41-30(2)39(51)24-40-37(41)27-58(55-40)49(31-16-10-7-11-17-31,32-18-12-8-13-19-32)33-20-14-9-15-21-33/h7-21,23-24,27,29,34-35H,22,25-26,28H2,1-6H3/t29-,34-,35-/m0/s1. The van der Waals surface area contributed by atoms with E-state index in [1.165, 1.54) is 6.07 Å². The second-order valence-corrected chi connectivity index (χ2v) is 17.5. The van der Waals surface area contributed by atoms with Crippen LogP contribution in [0.5, 0.6) is 6.01 Å². The first-order chi connectivity index (χ1) is 29.8. The van der Waals surface area contributed by atoms with Crippen LogP contribution in [0.1, 0.15) is 56.4 Å². The van der Waals surface area contributed by atoms with E-state index in [9.17, 15) is 4.79 Å². The van der Waals surface area contributed by atoms with Gasteiger partial charge in [-0.05, 0) is 69.4 Å². The zero-order chi connectivity index (χ0) is 43.5. The topological polar surface area (TPSA) is 94.8 Å². The number of methoxy groups -OCH3 is 1. The van der Waals surface area contributed by atoms with Gasteiger partial charge >= 0.3 is 12.1 Å². The summed E-state index contributed by atoms with van der Waals surface area (Å²) in [7, 11) is 1.57. The average molecular weight is 857 g/mol. The highest BCUT2D eigenvalue weighted by molar-refractivity contribution is 6.35. The van der Waals surface area contributed by atoms with Crippen molar-refractivity contribution in [3.63, 3.8) is 0 Å². The lowest BCUT2D eigenvalue weighted by atomic mass is 9.77. The number of aromatic nitrogens is 4. The Hall–Kier alpha value is -6.11. The number of piperazine rings is 1. The van der Waals surface area contributed by atoms with Gasteiger partial charge in [0.2, 0.25) is 0 Å². The smallest absolute Gasteiger partial charge is 0.410 e. The van der Waals surface area contributed by atoms with Gasteiger partial charge in [-0.15, -0.1) is 0 Å². The lowest BCUT2D eigenvalue weighted by Crippen LogP contribution is -2.50. The first-order valence-electron chi connectivity index (χ1n) is 20.8. The van der Waals surface area contributed by atoms with Gasteiger partial charge in [0.05, 0.1) is 28.7 Å². The highest BCUT2D eigenvalue weighted by Crippen LogP contribution is 2.47. The Bertz CT molecular complexity index is 2710. The van der Waals surface area contributed by atoms with Crippen molar-refractivity contribution in [3.05, 3.63) is 148 Å². The van der Waals surface area contributed by atoms with Gasteiger partial charge in [-0.1, -0.05) is 103 Å². The maximum Gasteiger partial charge on any atom is 0.410 e. The molecule has 10 nitrogen and oxygen atoms in total. The SMILES string of the molecule is CO[C@@H](C)COc1nc(N2C[C@@H]3C[C@H]2CN3C(=O)OC(C)(C)C)c2cc(Cl)c(-c3c(C)c(F)cc4nn(C(c5ccccc5)(c5ccccc5)c5ccccc5)cc34)c(F)c2n1. The Labute approximate surface area is 364 Å². The molecule has 13 heteroatoms. The number of benzene rings is 5. The minimum atomic E-state index is -1.02. The predicted octanol–water partition coefficient (Wildman–Crippen LogP) is 10.3. The summed E-state index contributed by atoms with van der Waals surface area (Å²) in [6.45, 7) is 9.91. The highest BCUT2D eigenvalue weighted by atomic mass is 35.5. The van der Waals surface area contributed by atoms with E-state index >= 15 is 8.78 Å². The van der Waals surface area contributed by atoms with Crippen molar-refractivity contribution in [3.8, 4) is 17.1 Å². The van der Waals surface area contributed by atoms with Gasteiger partial charge in [-0.3, -0.25) is 4.68 Å². The van der Waals surface area contributed by atoms with Crippen LogP contribution in [-0.2, 0) is 15.0 Å². The molecule has 2 fully saturated rings. The number of hydrogen-bond donors (Lipinski definition) is 0. The predicted molar refractivity (Wildman–Crippen MR) is 237 cm³/mol. The summed E-state index contributed by atoms with van der Waals surface area (Å²) in [6.07, 6.45) is 1.86. The van der Waals surface area contributed by atoms with Crippen LogP contribution >= 0.6 is 11.6 Å². The molecule has 2 aliphatic rings. The molecule has 62 heavy (non-hydrogen) atoms. The van der Waals surface area contributed by atoms with Gasteiger partial charge in [0.15, 0.2) is 5.82 Å². The summed E-state index contributed by atoms with van der Waals surface area (Å²) in [5.41, 5.74) is 1.80. The summed E-state index contributed by atoms with van der Waals surface area (Å²) in [5, 5.41) is 6.02. The molecular formula is C49H47ClF2N6O4. The molecule has 318 valence electrons. The van der Waals surface area contributed by atoms with Gasteiger partial charge in [0, 0.05) is 54.4 Å². The summed E-state index contributed by atoms with van der Waals surface area (Å²) in [4.78, 5) is 26.4. The van der Waals surface area contributed by atoms with Gasteiger partial charge in [0.1, 0.15) is 34.9 Å². The molecular weight excluding hydrogens is 810 g/mol. The number of hydrogen-bond acceptors (Lipinski definition) is 8. The number of likely N-dealkylation sites (tertiary alicyclic amines) is 1. The van der Waals surface area contributed by atoms with E-state index < -0.39 is 22.8 Å². The molecule has 2 aromatic heterocycles. The van der Waals surface area contributed by atoms with E-state index in [0.717, 1.165) is 16.7 Å². The lowest BCUT2D eigenvalue weighted by Gasteiger charge is -2.36. The van der Waals surface area contributed by atoms with Crippen LogP contribution in [0.2, 0.25) is 5.02 Å². The number of nitrogens with zero attached hydrogens (tertiary/aromatic N) is 6. The molecule has 5 aromatic carbocycles. The van der Waals surface area contributed by atoms with E-state index in [1.54, 1.807) is 25.0 Å². The summed E-state index contributed by atoms with van der Waals surface area (Å²) in [6, 6.07) is 32.7. The molecule has 3 atom stereocenters. The molecule has 7 aromatic rings. The van der Waals surface area contributed by atoms with Crippen molar-refractivity contribution in [2.45, 2.75) is 70.4 Å².